The van der Waals surface area contributed by atoms with E-state index in [1.165, 1.54) is 24.0 Å². The number of imide groups is 2. The lowest BCUT2D eigenvalue weighted by Crippen LogP contribution is -2.49. The Kier molecular flexibility index (Phi) is 10.0. The second-order valence-electron chi connectivity index (χ2n) is 17.1. The van der Waals surface area contributed by atoms with E-state index in [4.69, 9.17) is 26.2 Å². The summed E-state index contributed by atoms with van der Waals surface area (Å²) in [4.78, 5) is 62.8. The molecule has 2 aromatic heterocycles. The molecule has 12 nitrogen and oxygen atoms in total. The summed E-state index contributed by atoms with van der Waals surface area (Å²) in [7, 11) is 4.61. The first-order chi connectivity index (χ1) is 30.8. The van der Waals surface area contributed by atoms with Crippen LogP contribution in [0.15, 0.2) is 109 Å². The van der Waals surface area contributed by atoms with Crippen LogP contribution in [0.25, 0.3) is 26.7 Å². The number of thiophene rings is 1. The SMILES string of the molecule is COc1cc(C=CC2C3=CCC4C(=O)N(c5ccc(Nc6ccccc6)cc5)C(=O)C4C3CC3C(=O)N(c4cc(-c5sc6ccc(Cl)cc6c5C)nn4C)C(=O)C23C)cc(OC)c1O. The molecular weight excluding hydrogens is 850 g/mol. The largest absolute Gasteiger partial charge is 0.502 e. The Bertz CT molecular complexity index is 2970. The van der Waals surface area contributed by atoms with Crippen molar-refractivity contribution < 1.29 is 33.8 Å². The fourth-order valence-corrected chi connectivity index (χ4v) is 11.8. The summed E-state index contributed by atoms with van der Waals surface area (Å²) in [6.07, 6.45) is 6.24. The van der Waals surface area contributed by atoms with Crippen LogP contribution in [0.2, 0.25) is 5.02 Å². The molecule has 3 fully saturated rings. The number of allylic oxidation sites excluding steroid dienone is 3. The van der Waals surface area contributed by atoms with Crippen molar-refractivity contribution in [3.05, 3.63) is 125 Å². The van der Waals surface area contributed by atoms with Crippen molar-refractivity contribution in [3.8, 4) is 27.8 Å². The number of anilines is 4. The quantitative estimate of drug-likeness (QED) is 0.107. The lowest BCUT2D eigenvalue weighted by Gasteiger charge is -2.47. The Hall–Kier alpha value is -6.70. The predicted octanol–water partition coefficient (Wildman–Crippen LogP) is 9.71. The summed E-state index contributed by atoms with van der Waals surface area (Å²) >= 11 is 7.92. The third-order valence-corrected chi connectivity index (χ3v) is 15.3. The molecule has 2 aliphatic carbocycles. The maximum Gasteiger partial charge on any atom is 0.242 e. The number of hydrogen-bond donors (Lipinski definition) is 2. The van der Waals surface area contributed by atoms with Crippen molar-refractivity contribution in [1.29, 1.82) is 0 Å². The normalized spacial score (nSPS) is 24.0. The first kappa shape index (κ1) is 41.3. The number of carbonyl (C=O) groups is 4. The molecule has 2 N–H and O–H groups in total. The molecule has 324 valence electrons. The molecule has 4 aliphatic rings. The Labute approximate surface area is 378 Å². The highest BCUT2D eigenvalue weighted by Crippen LogP contribution is 2.61. The zero-order valence-corrected chi connectivity index (χ0v) is 37.2. The molecule has 6 aromatic rings. The van der Waals surface area contributed by atoms with Crippen LogP contribution in [0.3, 0.4) is 0 Å². The molecule has 4 heterocycles. The van der Waals surface area contributed by atoms with Gasteiger partial charge < -0.3 is 19.9 Å². The molecule has 4 amide bonds. The van der Waals surface area contributed by atoms with Crippen LogP contribution in [0.5, 0.6) is 17.2 Å². The minimum absolute atomic E-state index is 0.151. The van der Waals surface area contributed by atoms with Crippen LogP contribution in [0.1, 0.15) is 30.9 Å². The summed E-state index contributed by atoms with van der Waals surface area (Å²) in [5.74, 6) is -4.17. The summed E-state index contributed by atoms with van der Waals surface area (Å²) in [6, 6.07) is 27.8. The molecule has 4 aromatic carbocycles. The molecule has 1 saturated carbocycles. The summed E-state index contributed by atoms with van der Waals surface area (Å²) < 4.78 is 13.5. The Morgan fingerprint density at radius 1 is 0.875 bits per heavy atom. The lowest BCUT2D eigenvalue weighted by molar-refractivity contribution is -0.132. The van der Waals surface area contributed by atoms with E-state index in [9.17, 15) is 14.7 Å². The standard InChI is InChI=1S/C50H44ClN5O7S/c1-26-34-23-28(51)12-20-41(34)64-45(26)38-25-42(54(3)53-38)56-47(59)37-24-35-32(36(50(37,2)49(56)61)19-11-27-21-39(62-4)44(57)40(22-27)63-5)17-18-33-43(35)48(60)55(46(33)58)31-15-13-30(14-16-31)52-29-9-7-6-8-10-29/h6-17,19-23,25,33,35-37,43,52,57H,18,24H2,1-5H3. The van der Waals surface area contributed by atoms with Gasteiger partial charge >= 0.3 is 0 Å². The third kappa shape index (κ3) is 6.35. The van der Waals surface area contributed by atoms with E-state index in [2.05, 4.69) is 5.32 Å². The number of aromatic hydroxyl groups is 1. The predicted molar refractivity (Wildman–Crippen MR) is 248 cm³/mol. The van der Waals surface area contributed by atoms with Crippen molar-refractivity contribution >= 4 is 85.6 Å². The fourth-order valence-electron chi connectivity index (χ4n) is 10.5. The number of aryl methyl sites for hydroxylation is 2. The Morgan fingerprint density at radius 3 is 2.28 bits per heavy atom. The van der Waals surface area contributed by atoms with Crippen molar-refractivity contribution in [2.45, 2.75) is 26.7 Å². The molecule has 0 radical (unpaired) electrons. The van der Waals surface area contributed by atoms with Gasteiger partial charge in [-0.05, 0) is 116 Å². The number of para-hydroxylation sites is 1. The molecule has 6 unspecified atom stereocenters. The molecule has 0 bridgehead atoms. The number of phenolic OH excluding ortho intramolecular Hbond substituents is 1. The van der Waals surface area contributed by atoms with Gasteiger partial charge in [0.2, 0.25) is 29.4 Å². The van der Waals surface area contributed by atoms with E-state index in [0.717, 1.165) is 37.5 Å². The van der Waals surface area contributed by atoms with Gasteiger partial charge in [-0.15, -0.1) is 11.3 Å². The molecule has 2 saturated heterocycles. The third-order valence-electron chi connectivity index (χ3n) is 13.7. The number of rotatable bonds is 9. The van der Waals surface area contributed by atoms with E-state index in [1.807, 2.05) is 92.7 Å². The minimum atomic E-state index is -1.28. The van der Waals surface area contributed by atoms with Gasteiger partial charge in [0.15, 0.2) is 11.5 Å². The van der Waals surface area contributed by atoms with Crippen LogP contribution in [-0.2, 0) is 26.2 Å². The van der Waals surface area contributed by atoms with Gasteiger partial charge in [-0.25, -0.2) is 4.90 Å². The maximum atomic E-state index is 15.3. The van der Waals surface area contributed by atoms with Crippen LogP contribution in [0.4, 0.5) is 22.9 Å². The number of phenols is 1. The van der Waals surface area contributed by atoms with Crippen LogP contribution >= 0.6 is 22.9 Å². The topological polar surface area (TPSA) is 143 Å². The first-order valence-electron chi connectivity index (χ1n) is 21.1. The molecule has 0 spiro atoms. The van der Waals surface area contributed by atoms with E-state index in [1.54, 1.807) is 53.4 Å². The number of halogens is 1. The number of hydrogen-bond acceptors (Lipinski definition) is 10. The van der Waals surface area contributed by atoms with Gasteiger partial charge in [-0.1, -0.05) is 53.6 Å². The zero-order valence-electron chi connectivity index (χ0n) is 35.7. The minimum Gasteiger partial charge on any atom is -0.502 e. The lowest BCUT2D eigenvalue weighted by atomic mass is 9.52. The Morgan fingerprint density at radius 2 is 1.58 bits per heavy atom. The molecule has 2 aliphatic heterocycles. The number of methoxy groups -OCH3 is 2. The van der Waals surface area contributed by atoms with E-state index < -0.39 is 35.0 Å². The van der Waals surface area contributed by atoms with Crippen LogP contribution in [0, 0.1) is 41.9 Å². The van der Waals surface area contributed by atoms with Crippen LogP contribution < -0.4 is 24.6 Å². The summed E-state index contributed by atoms with van der Waals surface area (Å²) in [6.45, 7) is 3.85. The van der Waals surface area contributed by atoms with Gasteiger partial charge in [0.1, 0.15) is 11.5 Å². The smallest absolute Gasteiger partial charge is 0.242 e. The Balaban J connectivity index is 1.03. The summed E-state index contributed by atoms with van der Waals surface area (Å²) in [5.41, 5.74) is 3.98. The van der Waals surface area contributed by atoms with Crippen molar-refractivity contribution in [3.63, 3.8) is 0 Å². The highest BCUT2D eigenvalue weighted by atomic mass is 35.5. The molecule has 10 rings (SSSR count). The number of amides is 4. The fraction of sp³-hybridized carbons (Fsp3) is 0.260. The monoisotopic (exact) mass is 893 g/mol. The van der Waals surface area contributed by atoms with Gasteiger partial charge in [0.05, 0.1) is 48.0 Å². The number of fused-ring (bicyclic) bond motifs is 5. The van der Waals surface area contributed by atoms with Crippen molar-refractivity contribution in [2.75, 3.05) is 29.3 Å². The van der Waals surface area contributed by atoms with Gasteiger partial charge in [-0.2, -0.15) is 5.10 Å². The number of ether oxygens (including phenoxy) is 2. The number of nitrogens with zero attached hydrogens (tertiary/aromatic N) is 4. The van der Waals surface area contributed by atoms with Gasteiger partial charge in [-0.3, -0.25) is 28.8 Å². The first-order valence-corrected chi connectivity index (χ1v) is 22.3. The number of nitrogens with one attached hydrogen (secondary N) is 1. The van der Waals surface area contributed by atoms with Gasteiger partial charge in [0.25, 0.3) is 0 Å². The highest BCUT2D eigenvalue weighted by Gasteiger charge is 2.67. The zero-order chi connectivity index (χ0) is 44.8. The summed E-state index contributed by atoms with van der Waals surface area (Å²) in [5, 5.41) is 20.5. The molecular formula is C50H44ClN5O7S. The molecule has 64 heavy (non-hydrogen) atoms. The van der Waals surface area contributed by atoms with Crippen molar-refractivity contribution in [1.82, 2.24) is 9.78 Å². The van der Waals surface area contributed by atoms with E-state index in [0.29, 0.717) is 34.2 Å². The second kappa shape index (κ2) is 15.5. The molecule has 14 heteroatoms. The molecule has 6 atom stereocenters. The second-order valence-corrected chi connectivity index (χ2v) is 18.6. The average molecular weight is 894 g/mol. The highest BCUT2D eigenvalue weighted by molar-refractivity contribution is 7.22. The van der Waals surface area contributed by atoms with Crippen LogP contribution in [-0.4, -0.2) is 52.7 Å². The van der Waals surface area contributed by atoms with E-state index in [-0.39, 0.29) is 47.3 Å². The number of benzene rings is 4. The average Bonchev–Trinajstić information content (AvgIpc) is 3.97. The van der Waals surface area contributed by atoms with E-state index >= 15 is 9.59 Å². The number of aromatic nitrogens is 2. The number of carbonyl (C=O) groups excluding carboxylic acids is 4. The van der Waals surface area contributed by atoms with Crippen molar-refractivity contribution in [2.24, 2.45) is 42.1 Å². The van der Waals surface area contributed by atoms with Gasteiger partial charge in [0, 0.05) is 40.1 Å². The maximum absolute atomic E-state index is 15.3.